The summed E-state index contributed by atoms with van der Waals surface area (Å²) in [7, 11) is -2.65. The summed E-state index contributed by atoms with van der Waals surface area (Å²) in [5, 5.41) is 18.0. The second kappa shape index (κ2) is 4.96. The molecule has 0 amide bonds. The molecule has 104 valence electrons. The van der Waals surface area contributed by atoms with Crippen molar-refractivity contribution in [3.05, 3.63) is 35.5 Å². The molecule has 0 atom stereocenters. The summed E-state index contributed by atoms with van der Waals surface area (Å²) in [5.41, 5.74) is 0.601. The van der Waals surface area contributed by atoms with Gasteiger partial charge in [-0.3, -0.25) is 0 Å². The van der Waals surface area contributed by atoms with Crippen molar-refractivity contribution < 1.29 is 13.2 Å². The fourth-order valence-electron chi connectivity index (χ4n) is 1.87. The monoisotopic (exact) mass is 292 g/mol. The lowest BCUT2D eigenvalue weighted by Crippen LogP contribution is -2.18. The zero-order chi connectivity index (χ0) is 14.9. The van der Waals surface area contributed by atoms with E-state index in [1.165, 1.54) is 7.11 Å². The average Bonchev–Trinajstić information content (AvgIpc) is 2.75. The summed E-state index contributed by atoms with van der Waals surface area (Å²) in [6, 6.07) is 8.54. The molecular formula is C12H12N4O3S. The van der Waals surface area contributed by atoms with Crippen molar-refractivity contribution in [2.75, 3.05) is 7.11 Å². The number of rotatable bonds is 3. The number of hydrogen-bond donors (Lipinski definition) is 1. The van der Waals surface area contributed by atoms with E-state index in [2.05, 4.69) is 5.10 Å². The van der Waals surface area contributed by atoms with Crippen LogP contribution in [-0.2, 0) is 10.0 Å². The molecule has 0 fully saturated rings. The SMILES string of the molecule is COc1ccccc1-n1nc(C)c(C#N)c1S(N)(=O)=O. The number of sulfonamides is 1. The number of para-hydroxylation sites is 2. The highest BCUT2D eigenvalue weighted by Gasteiger charge is 2.26. The maximum absolute atomic E-state index is 11.7. The molecule has 0 saturated heterocycles. The van der Waals surface area contributed by atoms with E-state index in [-0.39, 0.29) is 16.3 Å². The molecule has 0 radical (unpaired) electrons. The Morgan fingerprint density at radius 1 is 1.40 bits per heavy atom. The van der Waals surface area contributed by atoms with Crippen LogP contribution in [0.5, 0.6) is 5.75 Å². The Bertz CT molecular complexity index is 803. The highest BCUT2D eigenvalue weighted by atomic mass is 32.2. The third-order valence-corrected chi connectivity index (χ3v) is 3.63. The number of aromatic nitrogens is 2. The van der Waals surface area contributed by atoms with Crippen molar-refractivity contribution in [1.82, 2.24) is 9.78 Å². The molecule has 0 unspecified atom stereocenters. The molecule has 7 nitrogen and oxygen atoms in total. The predicted molar refractivity (Wildman–Crippen MR) is 70.9 cm³/mol. The molecule has 1 heterocycles. The molecule has 0 spiro atoms. The first-order chi connectivity index (χ1) is 9.40. The molecule has 0 aliphatic heterocycles. The lowest BCUT2D eigenvalue weighted by atomic mass is 10.3. The fraction of sp³-hybridized carbons (Fsp3) is 0.167. The van der Waals surface area contributed by atoms with E-state index in [1.54, 1.807) is 31.2 Å². The number of nitrogens with zero attached hydrogens (tertiary/aromatic N) is 3. The third kappa shape index (κ3) is 2.24. The summed E-state index contributed by atoms with van der Waals surface area (Å²) < 4.78 is 29.8. The lowest BCUT2D eigenvalue weighted by Gasteiger charge is -2.10. The Hall–Kier alpha value is -2.37. The maximum Gasteiger partial charge on any atom is 0.257 e. The number of ether oxygens (including phenoxy) is 1. The van der Waals surface area contributed by atoms with E-state index in [0.29, 0.717) is 11.4 Å². The number of benzene rings is 1. The van der Waals surface area contributed by atoms with Crippen LogP contribution in [0.2, 0.25) is 0 Å². The van der Waals surface area contributed by atoms with Gasteiger partial charge in [0.25, 0.3) is 10.0 Å². The Morgan fingerprint density at radius 3 is 2.60 bits per heavy atom. The van der Waals surface area contributed by atoms with Crippen LogP contribution in [0.3, 0.4) is 0 Å². The van der Waals surface area contributed by atoms with Gasteiger partial charge in [0.05, 0.1) is 12.8 Å². The van der Waals surface area contributed by atoms with Gasteiger partial charge in [-0.05, 0) is 19.1 Å². The molecule has 2 N–H and O–H groups in total. The van der Waals surface area contributed by atoms with Gasteiger partial charge in [0.1, 0.15) is 23.1 Å². The number of primary sulfonamides is 1. The Morgan fingerprint density at radius 2 is 2.05 bits per heavy atom. The summed E-state index contributed by atoms with van der Waals surface area (Å²) in [6.07, 6.45) is 0. The fourth-order valence-corrected chi connectivity index (χ4v) is 2.72. The first-order valence-corrected chi connectivity index (χ1v) is 7.10. The highest BCUT2D eigenvalue weighted by Crippen LogP contribution is 2.27. The lowest BCUT2D eigenvalue weighted by molar-refractivity contribution is 0.410. The molecule has 8 heteroatoms. The highest BCUT2D eigenvalue weighted by molar-refractivity contribution is 7.89. The van der Waals surface area contributed by atoms with Crippen molar-refractivity contribution in [2.24, 2.45) is 5.14 Å². The minimum Gasteiger partial charge on any atom is -0.494 e. The standard InChI is InChI=1S/C12H12N4O3S/c1-8-9(7-13)12(20(14,17)18)16(15-8)10-5-3-4-6-11(10)19-2/h3-6H,1-2H3,(H2,14,17,18). The molecule has 0 aliphatic carbocycles. The summed E-state index contributed by atoms with van der Waals surface area (Å²) in [4.78, 5) is 0. The third-order valence-electron chi connectivity index (χ3n) is 2.71. The number of hydrogen-bond acceptors (Lipinski definition) is 5. The molecular weight excluding hydrogens is 280 g/mol. The van der Waals surface area contributed by atoms with Gasteiger partial charge in [-0.1, -0.05) is 12.1 Å². The van der Waals surface area contributed by atoms with Crippen molar-refractivity contribution in [1.29, 1.82) is 5.26 Å². The van der Waals surface area contributed by atoms with Crippen LogP contribution in [0.1, 0.15) is 11.3 Å². The molecule has 0 saturated carbocycles. The van der Waals surface area contributed by atoms with E-state index in [0.717, 1.165) is 4.68 Å². The first kappa shape index (κ1) is 14.0. The van der Waals surface area contributed by atoms with Crippen LogP contribution in [0.4, 0.5) is 0 Å². The molecule has 0 aliphatic rings. The molecule has 1 aromatic heterocycles. The summed E-state index contributed by atoms with van der Waals surface area (Å²) in [5.74, 6) is 0.421. The van der Waals surface area contributed by atoms with Gasteiger partial charge in [0, 0.05) is 0 Å². The number of methoxy groups -OCH3 is 1. The minimum absolute atomic E-state index is 0.0709. The second-order valence-corrected chi connectivity index (χ2v) is 5.48. The number of aryl methyl sites for hydroxylation is 1. The zero-order valence-corrected chi connectivity index (χ0v) is 11.7. The van der Waals surface area contributed by atoms with Crippen LogP contribution in [0, 0.1) is 18.3 Å². The molecule has 1 aromatic carbocycles. The smallest absolute Gasteiger partial charge is 0.257 e. The Labute approximate surface area is 116 Å². The van der Waals surface area contributed by atoms with Crippen LogP contribution < -0.4 is 9.88 Å². The topological polar surface area (TPSA) is 111 Å². The number of nitriles is 1. The Kier molecular flexibility index (Phi) is 3.48. The van der Waals surface area contributed by atoms with Crippen LogP contribution in [0.25, 0.3) is 5.69 Å². The average molecular weight is 292 g/mol. The van der Waals surface area contributed by atoms with Gasteiger partial charge in [-0.2, -0.15) is 10.4 Å². The molecule has 20 heavy (non-hydrogen) atoms. The van der Waals surface area contributed by atoms with Crippen LogP contribution >= 0.6 is 0 Å². The first-order valence-electron chi connectivity index (χ1n) is 5.56. The largest absolute Gasteiger partial charge is 0.494 e. The van der Waals surface area contributed by atoms with Gasteiger partial charge in [0.15, 0.2) is 5.03 Å². The van der Waals surface area contributed by atoms with Gasteiger partial charge >= 0.3 is 0 Å². The zero-order valence-electron chi connectivity index (χ0n) is 10.9. The van der Waals surface area contributed by atoms with Crippen LogP contribution in [0.15, 0.2) is 29.3 Å². The van der Waals surface area contributed by atoms with E-state index in [4.69, 9.17) is 15.1 Å². The minimum atomic E-state index is -4.11. The van der Waals surface area contributed by atoms with Gasteiger partial charge in [-0.25, -0.2) is 18.2 Å². The Balaban J connectivity index is 2.86. The van der Waals surface area contributed by atoms with Crippen molar-refractivity contribution >= 4 is 10.0 Å². The van der Waals surface area contributed by atoms with Crippen molar-refractivity contribution in [3.63, 3.8) is 0 Å². The summed E-state index contributed by atoms with van der Waals surface area (Å²) >= 11 is 0. The molecule has 2 aromatic rings. The van der Waals surface area contributed by atoms with Crippen molar-refractivity contribution in [3.8, 4) is 17.5 Å². The predicted octanol–water partition coefficient (Wildman–Crippen LogP) is 0.708. The van der Waals surface area contributed by atoms with E-state index < -0.39 is 10.0 Å². The van der Waals surface area contributed by atoms with Crippen molar-refractivity contribution in [2.45, 2.75) is 11.9 Å². The van der Waals surface area contributed by atoms with Gasteiger partial charge < -0.3 is 4.74 Å². The quantitative estimate of drug-likeness (QED) is 0.895. The van der Waals surface area contributed by atoms with E-state index in [9.17, 15) is 8.42 Å². The normalized spacial score (nSPS) is 11.1. The summed E-state index contributed by atoms with van der Waals surface area (Å²) in [6.45, 7) is 1.54. The van der Waals surface area contributed by atoms with Gasteiger partial charge in [0.2, 0.25) is 0 Å². The van der Waals surface area contributed by atoms with E-state index >= 15 is 0 Å². The van der Waals surface area contributed by atoms with Crippen LogP contribution in [-0.4, -0.2) is 25.3 Å². The molecule has 0 bridgehead atoms. The molecule has 2 rings (SSSR count). The van der Waals surface area contributed by atoms with Gasteiger partial charge in [-0.15, -0.1) is 0 Å². The second-order valence-electron chi connectivity index (χ2n) is 4.01. The number of nitrogens with two attached hydrogens (primary N) is 1. The maximum atomic E-state index is 11.7. The van der Waals surface area contributed by atoms with E-state index in [1.807, 2.05) is 6.07 Å².